The van der Waals surface area contributed by atoms with Gasteiger partial charge < -0.3 is 20.1 Å². The largest absolute Gasteiger partial charge is 0.491 e. The summed E-state index contributed by atoms with van der Waals surface area (Å²) in [7, 11) is 1.91. The van der Waals surface area contributed by atoms with Crippen LogP contribution in [0, 0.1) is 5.92 Å². The van der Waals surface area contributed by atoms with Crippen LogP contribution in [0.25, 0.3) is 0 Å². The van der Waals surface area contributed by atoms with Gasteiger partial charge in [-0.3, -0.25) is 4.79 Å². The van der Waals surface area contributed by atoms with Crippen molar-refractivity contribution in [3.05, 3.63) is 23.8 Å². The molecule has 0 saturated heterocycles. The number of nitrogens with one attached hydrogen (secondary N) is 2. The van der Waals surface area contributed by atoms with E-state index in [9.17, 15) is 4.79 Å². The molecule has 5 heteroatoms. The molecule has 1 amide bonds. The summed E-state index contributed by atoms with van der Waals surface area (Å²) < 4.78 is 11.3. The van der Waals surface area contributed by atoms with Crippen molar-refractivity contribution in [2.24, 2.45) is 5.92 Å². The number of fused-ring (bicyclic) bond motifs is 1. The third-order valence-electron chi connectivity index (χ3n) is 3.48. The van der Waals surface area contributed by atoms with Crippen LogP contribution in [-0.2, 0) is 4.79 Å². The van der Waals surface area contributed by atoms with Crippen molar-refractivity contribution in [2.45, 2.75) is 32.9 Å². The molecular weight excluding hydrogens is 268 g/mol. The van der Waals surface area contributed by atoms with Gasteiger partial charge in [0.25, 0.3) is 5.91 Å². The summed E-state index contributed by atoms with van der Waals surface area (Å²) in [6, 6.07) is 5.93. The quantitative estimate of drug-likeness (QED) is 0.840. The molecule has 2 atom stereocenters. The lowest BCUT2D eigenvalue weighted by Crippen LogP contribution is -2.38. The van der Waals surface area contributed by atoms with Crippen molar-refractivity contribution in [1.29, 1.82) is 0 Å². The zero-order valence-corrected chi connectivity index (χ0v) is 13.1. The van der Waals surface area contributed by atoms with Crippen LogP contribution in [0.2, 0.25) is 0 Å². The zero-order chi connectivity index (χ0) is 15.4. The lowest BCUT2D eigenvalue weighted by atomic mass is 10.1. The van der Waals surface area contributed by atoms with Gasteiger partial charge in [-0.15, -0.1) is 0 Å². The molecule has 1 aliphatic rings. The predicted molar refractivity (Wildman–Crippen MR) is 81.7 cm³/mol. The monoisotopic (exact) mass is 292 g/mol. The Kier molecular flexibility index (Phi) is 5.07. The molecule has 1 aliphatic heterocycles. The maximum Gasteiger partial charge on any atom is 0.260 e. The first-order valence-corrected chi connectivity index (χ1v) is 7.39. The van der Waals surface area contributed by atoms with Crippen LogP contribution >= 0.6 is 0 Å². The van der Waals surface area contributed by atoms with Gasteiger partial charge in [0.15, 0.2) is 6.10 Å². The molecule has 0 aliphatic carbocycles. The fourth-order valence-electron chi connectivity index (χ4n) is 2.21. The van der Waals surface area contributed by atoms with Gasteiger partial charge in [-0.1, -0.05) is 13.8 Å². The molecule has 1 aromatic rings. The summed E-state index contributed by atoms with van der Waals surface area (Å²) in [6.07, 6.45) is -0.525. The number of benzene rings is 1. The second-order valence-electron chi connectivity index (χ2n) is 5.75. The summed E-state index contributed by atoms with van der Waals surface area (Å²) in [5.41, 5.74) is 1.13. The summed E-state index contributed by atoms with van der Waals surface area (Å²) in [4.78, 5) is 11.9. The molecule has 0 fully saturated rings. The molecule has 2 unspecified atom stereocenters. The lowest BCUT2D eigenvalue weighted by Gasteiger charge is -2.16. The van der Waals surface area contributed by atoms with Gasteiger partial charge in [-0.2, -0.15) is 0 Å². The Labute approximate surface area is 126 Å². The first-order chi connectivity index (χ1) is 10.0. The van der Waals surface area contributed by atoms with Crippen LogP contribution in [0.4, 0.5) is 0 Å². The van der Waals surface area contributed by atoms with Crippen LogP contribution in [-0.4, -0.2) is 32.2 Å². The number of rotatable bonds is 6. The minimum Gasteiger partial charge on any atom is -0.491 e. The van der Waals surface area contributed by atoms with E-state index in [2.05, 4.69) is 24.5 Å². The molecule has 0 bridgehead atoms. The highest BCUT2D eigenvalue weighted by Gasteiger charge is 2.23. The Balaban J connectivity index is 1.96. The maximum absolute atomic E-state index is 11.9. The molecule has 1 heterocycles. The molecule has 1 aromatic carbocycles. The van der Waals surface area contributed by atoms with Crippen LogP contribution in [0.15, 0.2) is 18.2 Å². The third-order valence-corrected chi connectivity index (χ3v) is 3.48. The Morgan fingerprint density at radius 2 is 2.19 bits per heavy atom. The second-order valence-corrected chi connectivity index (χ2v) is 5.75. The number of hydrogen-bond donors (Lipinski definition) is 2. The molecule has 2 N–H and O–H groups in total. The number of carbonyl (C=O) groups is 1. The standard InChI is InChI=1S/C16H24N2O3/c1-10(2)8-18-16(19)11(3)21-12-5-6-13-14(17-4)9-20-15(13)7-12/h5-7,10-11,14,17H,8-9H2,1-4H3,(H,18,19). The minimum absolute atomic E-state index is 0.0989. The van der Waals surface area contributed by atoms with Gasteiger partial charge >= 0.3 is 0 Å². The van der Waals surface area contributed by atoms with Crippen molar-refractivity contribution >= 4 is 5.91 Å². The van der Waals surface area contributed by atoms with Crippen molar-refractivity contribution < 1.29 is 14.3 Å². The zero-order valence-electron chi connectivity index (χ0n) is 13.1. The third kappa shape index (κ3) is 3.88. The topological polar surface area (TPSA) is 59.6 Å². The Morgan fingerprint density at radius 1 is 1.43 bits per heavy atom. The van der Waals surface area contributed by atoms with Crippen molar-refractivity contribution in [3.63, 3.8) is 0 Å². The normalized spacial score (nSPS) is 18.0. The average Bonchev–Trinajstić information content (AvgIpc) is 2.86. The summed E-state index contributed by atoms with van der Waals surface area (Å²) >= 11 is 0. The molecule has 2 rings (SSSR count). The van der Waals surface area contributed by atoms with Crippen molar-refractivity contribution in [2.75, 3.05) is 20.2 Å². The van der Waals surface area contributed by atoms with E-state index in [1.54, 1.807) is 6.92 Å². The molecular formula is C16H24N2O3. The highest BCUT2D eigenvalue weighted by atomic mass is 16.5. The fourth-order valence-corrected chi connectivity index (χ4v) is 2.21. The van der Waals surface area contributed by atoms with E-state index < -0.39 is 6.10 Å². The molecule has 0 radical (unpaired) electrons. The Morgan fingerprint density at radius 3 is 2.86 bits per heavy atom. The number of hydrogen-bond acceptors (Lipinski definition) is 4. The van der Waals surface area contributed by atoms with E-state index in [0.717, 1.165) is 11.3 Å². The summed E-state index contributed by atoms with van der Waals surface area (Å²) in [6.45, 7) is 7.15. The minimum atomic E-state index is -0.525. The smallest absolute Gasteiger partial charge is 0.260 e. The molecule has 0 aromatic heterocycles. The molecule has 116 valence electrons. The van der Waals surface area contributed by atoms with Gasteiger partial charge in [-0.05, 0) is 32.0 Å². The van der Waals surface area contributed by atoms with E-state index in [0.29, 0.717) is 24.8 Å². The lowest BCUT2D eigenvalue weighted by molar-refractivity contribution is -0.127. The Bertz CT molecular complexity index is 502. The van der Waals surface area contributed by atoms with Gasteiger partial charge in [0, 0.05) is 18.2 Å². The van der Waals surface area contributed by atoms with Gasteiger partial charge in [0.2, 0.25) is 0 Å². The van der Waals surface area contributed by atoms with E-state index in [-0.39, 0.29) is 11.9 Å². The SMILES string of the molecule is CNC1COc2cc(OC(C)C(=O)NCC(C)C)ccc21. The van der Waals surface area contributed by atoms with Crippen LogP contribution in [0.3, 0.4) is 0 Å². The first-order valence-electron chi connectivity index (χ1n) is 7.39. The van der Waals surface area contributed by atoms with E-state index in [1.807, 2.05) is 25.2 Å². The van der Waals surface area contributed by atoms with Crippen molar-refractivity contribution in [1.82, 2.24) is 10.6 Å². The predicted octanol–water partition coefficient (Wildman–Crippen LogP) is 1.88. The molecule has 21 heavy (non-hydrogen) atoms. The van der Waals surface area contributed by atoms with Crippen LogP contribution in [0.5, 0.6) is 11.5 Å². The molecule has 5 nitrogen and oxygen atoms in total. The van der Waals surface area contributed by atoms with E-state index in [4.69, 9.17) is 9.47 Å². The number of amides is 1. The summed E-state index contributed by atoms with van der Waals surface area (Å²) in [5, 5.41) is 6.06. The van der Waals surface area contributed by atoms with Gasteiger partial charge in [0.1, 0.15) is 18.1 Å². The van der Waals surface area contributed by atoms with Crippen molar-refractivity contribution in [3.8, 4) is 11.5 Å². The fraction of sp³-hybridized carbons (Fsp3) is 0.562. The van der Waals surface area contributed by atoms with Gasteiger partial charge in [-0.25, -0.2) is 0 Å². The molecule has 0 spiro atoms. The highest BCUT2D eigenvalue weighted by Crippen LogP contribution is 2.35. The van der Waals surface area contributed by atoms with E-state index >= 15 is 0 Å². The number of likely N-dealkylation sites (N-methyl/N-ethyl adjacent to an activating group) is 1. The average molecular weight is 292 g/mol. The Hall–Kier alpha value is -1.75. The second kappa shape index (κ2) is 6.80. The van der Waals surface area contributed by atoms with Crippen LogP contribution in [0.1, 0.15) is 32.4 Å². The maximum atomic E-state index is 11.9. The number of ether oxygens (including phenoxy) is 2. The van der Waals surface area contributed by atoms with E-state index in [1.165, 1.54) is 0 Å². The summed E-state index contributed by atoms with van der Waals surface area (Å²) in [5.74, 6) is 1.80. The highest BCUT2D eigenvalue weighted by molar-refractivity contribution is 5.80. The molecule has 0 saturated carbocycles. The number of carbonyl (C=O) groups excluding carboxylic acids is 1. The van der Waals surface area contributed by atoms with Crippen LogP contribution < -0.4 is 20.1 Å². The first kappa shape index (κ1) is 15.6. The van der Waals surface area contributed by atoms with Gasteiger partial charge in [0.05, 0.1) is 6.04 Å².